The average Bonchev–Trinajstić information content (AvgIpc) is 2.63. The first-order valence-corrected chi connectivity index (χ1v) is 7.05. The average molecular weight is 306 g/mol. The molecular weight excluding hydrogens is 281 g/mol. The third-order valence-corrected chi connectivity index (χ3v) is 3.08. The van der Waals surface area contributed by atoms with Gasteiger partial charge in [-0.1, -0.05) is 0 Å². The second kappa shape index (κ2) is 6.83. The minimum atomic E-state index is -4.11. The van der Waals surface area contributed by atoms with E-state index >= 15 is 0 Å². The Morgan fingerprint density at radius 3 is 2.38 bits per heavy atom. The van der Waals surface area contributed by atoms with Crippen LogP contribution in [0.4, 0.5) is 13.2 Å². The third kappa shape index (κ3) is 7.52. The summed E-state index contributed by atoms with van der Waals surface area (Å²) in [6.45, 7) is 9.09. The molecule has 0 radical (unpaired) electrons. The molecule has 1 aromatic rings. The topological polar surface area (TPSA) is 28.4 Å². The van der Waals surface area contributed by atoms with Crippen LogP contribution in [0, 0.1) is 6.92 Å². The summed E-state index contributed by atoms with van der Waals surface area (Å²) < 4.78 is 42.2. The molecule has 6 heteroatoms. The van der Waals surface area contributed by atoms with Gasteiger partial charge in [0.05, 0.1) is 13.0 Å². The van der Waals surface area contributed by atoms with E-state index in [4.69, 9.17) is 4.42 Å². The molecule has 0 aliphatic heterocycles. The van der Waals surface area contributed by atoms with Crippen molar-refractivity contribution < 1.29 is 17.6 Å². The van der Waals surface area contributed by atoms with Gasteiger partial charge < -0.3 is 14.6 Å². The Hall–Kier alpha value is -1.01. The minimum absolute atomic E-state index is 0.00957. The zero-order valence-corrected chi connectivity index (χ0v) is 13.4. The first-order valence-electron chi connectivity index (χ1n) is 7.05. The number of halogens is 3. The molecular formula is C15H25F3N2O. The van der Waals surface area contributed by atoms with Crippen molar-refractivity contribution in [1.29, 1.82) is 0 Å². The molecule has 1 rings (SSSR count). The molecule has 0 saturated carbocycles. The molecule has 1 heterocycles. The summed E-state index contributed by atoms with van der Waals surface area (Å²) >= 11 is 0. The van der Waals surface area contributed by atoms with Gasteiger partial charge in [0, 0.05) is 24.2 Å². The largest absolute Gasteiger partial charge is 0.465 e. The lowest BCUT2D eigenvalue weighted by Gasteiger charge is -2.19. The molecule has 0 spiro atoms. The van der Waals surface area contributed by atoms with Gasteiger partial charge in [-0.05, 0) is 40.8 Å². The normalized spacial score (nSPS) is 13.2. The van der Waals surface area contributed by atoms with Crippen molar-refractivity contribution in [2.45, 2.75) is 58.9 Å². The monoisotopic (exact) mass is 306 g/mol. The van der Waals surface area contributed by atoms with Crippen LogP contribution in [0.1, 0.15) is 44.3 Å². The lowest BCUT2D eigenvalue weighted by atomic mass is 10.1. The van der Waals surface area contributed by atoms with Gasteiger partial charge in [0.2, 0.25) is 0 Å². The summed E-state index contributed by atoms with van der Waals surface area (Å²) in [6.07, 6.45) is -4.90. The highest BCUT2D eigenvalue weighted by molar-refractivity contribution is 5.20. The van der Waals surface area contributed by atoms with E-state index in [9.17, 15) is 13.2 Å². The number of rotatable bonds is 6. The van der Waals surface area contributed by atoms with E-state index < -0.39 is 12.6 Å². The van der Waals surface area contributed by atoms with Crippen LogP contribution in [0.5, 0.6) is 0 Å². The lowest BCUT2D eigenvalue weighted by Crippen LogP contribution is -2.34. The van der Waals surface area contributed by atoms with Crippen molar-refractivity contribution in [3.05, 3.63) is 23.2 Å². The fraction of sp³-hybridized carbons (Fsp3) is 0.733. The Morgan fingerprint density at radius 2 is 1.86 bits per heavy atom. The number of furan rings is 1. The van der Waals surface area contributed by atoms with E-state index in [1.54, 1.807) is 11.9 Å². The maximum absolute atomic E-state index is 12.2. The van der Waals surface area contributed by atoms with Gasteiger partial charge in [-0.15, -0.1) is 0 Å². The number of alkyl halides is 3. The van der Waals surface area contributed by atoms with Crippen molar-refractivity contribution in [3.8, 4) is 0 Å². The molecule has 0 bridgehead atoms. The second-order valence-corrected chi connectivity index (χ2v) is 6.50. The van der Waals surface area contributed by atoms with Crippen molar-refractivity contribution >= 4 is 0 Å². The first kappa shape index (κ1) is 18.0. The standard InChI is InChI=1S/C15H25F3N2O/c1-11-12(10-20(5)7-6-15(16,17)18)8-13(21-11)9-19-14(2,3)4/h8,19H,6-7,9-10H2,1-5H3. The maximum Gasteiger partial charge on any atom is 0.390 e. The smallest absolute Gasteiger partial charge is 0.390 e. The molecule has 0 aliphatic carbocycles. The van der Waals surface area contributed by atoms with Crippen molar-refractivity contribution in [2.75, 3.05) is 13.6 Å². The minimum Gasteiger partial charge on any atom is -0.465 e. The molecule has 0 aromatic carbocycles. The Bertz CT molecular complexity index is 447. The van der Waals surface area contributed by atoms with E-state index in [0.29, 0.717) is 13.1 Å². The number of hydrogen-bond acceptors (Lipinski definition) is 3. The highest BCUT2D eigenvalue weighted by Crippen LogP contribution is 2.21. The van der Waals surface area contributed by atoms with Gasteiger partial charge in [0.15, 0.2) is 0 Å². The van der Waals surface area contributed by atoms with Crippen LogP contribution in [0.3, 0.4) is 0 Å². The molecule has 0 unspecified atom stereocenters. The highest BCUT2D eigenvalue weighted by Gasteiger charge is 2.27. The number of aryl methyl sites for hydroxylation is 1. The Morgan fingerprint density at radius 1 is 1.24 bits per heavy atom. The summed E-state index contributed by atoms with van der Waals surface area (Å²) in [6, 6.07) is 1.91. The van der Waals surface area contributed by atoms with Gasteiger partial charge in [0.1, 0.15) is 11.5 Å². The summed E-state index contributed by atoms with van der Waals surface area (Å²) in [5.41, 5.74) is 0.926. The molecule has 3 nitrogen and oxygen atoms in total. The van der Waals surface area contributed by atoms with Gasteiger partial charge in [-0.3, -0.25) is 0 Å². The zero-order chi connectivity index (χ0) is 16.3. The molecule has 0 aliphatic rings. The Balaban J connectivity index is 2.54. The summed E-state index contributed by atoms with van der Waals surface area (Å²) in [7, 11) is 1.69. The molecule has 122 valence electrons. The lowest BCUT2D eigenvalue weighted by molar-refractivity contribution is -0.137. The molecule has 0 saturated heterocycles. The van der Waals surface area contributed by atoms with E-state index in [2.05, 4.69) is 26.1 Å². The maximum atomic E-state index is 12.2. The molecule has 1 aromatic heterocycles. The molecule has 0 atom stereocenters. The highest BCUT2D eigenvalue weighted by atomic mass is 19.4. The quantitative estimate of drug-likeness (QED) is 0.865. The van der Waals surface area contributed by atoms with E-state index in [-0.39, 0.29) is 12.1 Å². The van der Waals surface area contributed by atoms with Crippen LogP contribution in [-0.2, 0) is 13.1 Å². The van der Waals surface area contributed by atoms with Gasteiger partial charge in [-0.2, -0.15) is 13.2 Å². The fourth-order valence-electron chi connectivity index (χ4n) is 1.87. The number of nitrogens with one attached hydrogen (secondary N) is 1. The van der Waals surface area contributed by atoms with E-state index in [1.165, 1.54) is 0 Å². The van der Waals surface area contributed by atoms with Crippen LogP contribution in [0.25, 0.3) is 0 Å². The van der Waals surface area contributed by atoms with E-state index in [1.807, 2.05) is 13.0 Å². The van der Waals surface area contributed by atoms with Crippen molar-refractivity contribution in [2.24, 2.45) is 0 Å². The predicted octanol–water partition coefficient (Wildman–Crippen LogP) is 3.86. The van der Waals surface area contributed by atoms with Crippen LogP contribution in [-0.4, -0.2) is 30.2 Å². The van der Waals surface area contributed by atoms with Crippen molar-refractivity contribution in [3.63, 3.8) is 0 Å². The Kier molecular flexibility index (Phi) is 5.87. The van der Waals surface area contributed by atoms with Crippen LogP contribution in [0.2, 0.25) is 0 Å². The molecule has 0 amide bonds. The molecule has 0 fully saturated rings. The fourth-order valence-corrected chi connectivity index (χ4v) is 1.87. The van der Waals surface area contributed by atoms with Crippen LogP contribution >= 0.6 is 0 Å². The summed E-state index contributed by atoms with van der Waals surface area (Å²) in [5, 5.41) is 3.32. The van der Waals surface area contributed by atoms with Gasteiger partial charge in [0.25, 0.3) is 0 Å². The molecule has 21 heavy (non-hydrogen) atoms. The van der Waals surface area contributed by atoms with Crippen molar-refractivity contribution in [1.82, 2.24) is 10.2 Å². The van der Waals surface area contributed by atoms with Gasteiger partial charge in [-0.25, -0.2) is 0 Å². The zero-order valence-electron chi connectivity index (χ0n) is 13.4. The number of hydrogen-bond donors (Lipinski definition) is 1. The molecule has 1 N–H and O–H groups in total. The Labute approximate surface area is 124 Å². The first-order chi connectivity index (χ1) is 9.46. The van der Waals surface area contributed by atoms with Crippen LogP contribution in [0.15, 0.2) is 10.5 Å². The van der Waals surface area contributed by atoms with Crippen LogP contribution < -0.4 is 5.32 Å². The third-order valence-electron chi connectivity index (χ3n) is 3.08. The summed E-state index contributed by atoms with van der Waals surface area (Å²) in [4.78, 5) is 1.66. The SMILES string of the molecule is Cc1oc(CNC(C)(C)C)cc1CN(C)CCC(F)(F)F. The predicted molar refractivity (Wildman–Crippen MR) is 77.0 cm³/mol. The second-order valence-electron chi connectivity index (χ2n) is 6.50. The summed E-state index contributed by atoms with van der Waals surface area (Å²) in [5.74, 6) is 1.57. The number of nitrogens with zero attached hydrogens (tertiary/aromatic N) is 1. The van der Waals surface area contributed by atoms with Gasteiger partial charge >= 0.3 is 6.18 Å². The van der Waals surface area contributed by atoms with E-state index in [0.717, 1.165) is 17.1 Å².